The average Bonchev–Trinajstić information content (AvgIpc) is 2.18. The fraction of sp³-hybridized carbons (Fsp3) is 0.273. The molecule has 3 N–H and O–H groups in total. The highest BCUT2D eigenvalue weighted by Gasteiger charge is 2.11. The van der Waals surface area contributed by atoms with E-state index < -0.39 is 6.04 Å². The van der Waals surface area contributed by atoms with Crippen LogP contribution >= 0.6 is 0 Å². The number of nitrogens with one attached hydrogen (secondary N) is 1. The molecular formula is C11H13N3O. The van der Waals surface area contributed by atoms with E-state index in [0.29, 0.717) is 11.3 Å². The Bertz CT molecular complexity index is 418. The number of benzene rings is 1. The van der Waals surface area contributed by atoms with E-state index in [0.717, 1.165) is 5.56 Å². The van der Waals surface area contributed by atoms with Gasteiger partial charge in [-0.25, -0.2) is 0 Å². The van der Waals surface area contributed by atoms with E-state index >= 15 is 0 Å². The van der Waals surface area contributed by atoms with Crippen LogP contribution in [-0.2, 0) is 4.79 Å². The van der Waals surface area contributed by atoms with Crippen LogP contribution < -0.4 is 11.1 Å². The number of hydrogen-bond donors (Lipinski definition) is 2. The van der Waals surface area contributed by atoms with Gasteiger partial charge in [-0.1, -0.05) is 12.1 Å². The lowest BCUT2D eigenvalue weighted by Gasteiger charge is -2.10. The number of nitrogens with zero attached hydrogens (tertiary/aromatic N) is 1. The first-order valence-electron chi connectivity index (χ1n) is 4.62. The van der Waals surface area contributed by atoms with Crippen LogP contribution in [0.4, 0.5) is 5.69 Å². The number of nitrogens with two attached hydrogens (primary N) is 1. The molecule has 4 heteroatoms. The lowest BCUT2D eigenvalue weighted by atomic mass is 10.1. The van der Waals surface area contributed by atoms with E-state index in [4.69, 9.17) is 11.0 Å². The molecule has 1 aromatic carbocycles. The Hall–Kier alpha value is -1.86. The zero-order chi connectivity index (χ0) is 11.4. The molecule has 0 bridgehead atoms. The summed E-state index contributed by atoms with van der Waals surface area (Å²) >= 11 is 0. The summed E-state index contributed by atoms with van der Waals surface area (Å²) in [6, 6.07) is 6.76. The van der Waals surface area contributed by atoms with Crippen LogP contribution in [0.15, 0.2) is 18.2 Å². The van der Waals surface area contributed by atoms with Gasteiger partial charge in [-0.2, -0.15) is 5.26 Å². The zero-order valence-electron chi connectivity index (χ0n) is 8.74. The van der Waals surface area contributed by atoms with E-state index in [9.17, 15) is 4.79 Å². The van der Waals surface area contributed by atoms with Crippen LogP contribution in [0.1, 0.15) is 18.1 Å². The van der Waals surface area contributed by atoms with Crippen molar-refractivity contribution in [2.75, 3.05) is 5.32 Å². The predicted molar refractivity (Wildman–Crippen MR) is 58.2 cm³/mol. The lowest BCUT2D eigenvalue weighted by Crippen LogP contribution is -2.32. The molecule has 0 spiro atoms. The molecule has 0 aliphatic rings. The van der Waals surface area contributed by atoms with E-state index in [-0.39, 0.29) is 5.91 Å². The summed E-state index contributed by atoms with van der Waals surface area (Å²) < 4.78 is 0. The summed E-state index contributed by atoms with van der Waals surface area (Å²) in [5.41, 5.74) is 7.24. The van der Waals surface area contributed by atoms with Crippen molar-refractivity contribution in [3.8, 4) is 6.07 Å². The van der Waals surface area contributed by atoms with Gasteiger partial charge in [-0.05, 0) is 25.5 Å². The predicted octanol–water partition coefficient (Wildman–Crippen LogP) is 1.15. The molecule has 0 aliphatic heterocycles. The summed E-state index contributed by atoms with van der Waals surface area (Å²) in [5.74, 6) is -0.294. The minimum atomic E-state index is -0.586. The Morgan fingerprint density at radius 2 is 2.27 bits per heavy atom. The van der Waals surface area contributed by atoms with Crippen LogP contribution in [0.2, 0.25) is 0 Å². The highest BCUT2D eigenvalue weighted by atomic mass is 16.2. The average molecular weight is 203 g/mol. The summed E-state index contributed by atoms with van der Waals surface area (Å²) in [4.78, 5) is 11.3. The Kier molecular flexibility index (Phi) is 3.42. The lowest BCUT2D eigenvalue weighted by molar-refractivity contribution is -0.117. The third-order valence-electron chi connectivity index (χ3n) is 2.06. The van der Waals surface area contributed by atoms with Gasteiger partial charge in [-0.3, -0.25) is 4.79 Å². The van der Waals surface area contributed by atoms with Gasteiger partial charge in [0.05, 0.1) is 17.3 Å². The fourth-order valence-electron chi connectivity index (χ4n) is 1.17. The molecule has 0 aromatic heterocycles. The molecular weight excluding hydrogens is 190 g/mol. The fourth-order valence-corrected chi connectivity index (χ4v) is 1.17. The first-order chi connectivity index (χ1) is 7.06. The SMILES string of the molecule is Cc1cccc(NC(=O)[C@@H](C)N)c1C#N. The van der Waals surface area contributed by atoms with Crippen molar-refractivity contribution in [3.05, 3.63) is 29.3 Å². The maximum absolute atomic E-state index is 11.3. The number of hydrogen-bond acceptors (Lipinski definition) is 3. The second-order valence-corrected chi connectivity index (χ2v) is 3.39. The van der Waals surface area contributed by atoms with Gasteiger partial charge < -0.3 is 11.1 Å². The molecule has 0 unspecified atom stereocenters. The first-order valence-corrected chi connectivity index (χ1v) is 4.62. The Morgan fingerprint density at radius 3 is 2.80 bits per heavy atom. The van der Waals surface area contributed by atoms with Crippen molar-refractivity contribution in [2.45, 2.75) is 19.9 Å². The number of amides is 1. The molecule has 1 rings (SSSR count). The van der Waals surface area contributed by atoms with Gasteiger partial charge in [0.1, 0.15) is 6.07 Å². The number of carbonyl (C=O) groups is 1. The molecule has 1 atom stereocenters. The van der Waals surface area contributed by atoms with Crippen LogP contribution in [0.3, 0.4) is 0 Å². The van der Waals surface area contributed by atoms with Gasteiger partial charge in [0.2, 0.25) is 5.91 Å². The number of anilines is 1. The smallest absolute Gasteiger partial charge is 0.241 e. The van der Waals surface area contributed by atoms with Crippen molar-refractivity contribution >= 4 is 11.6 Å². The molecule has 4 nitrogen and oxygen atoms in total. The number of nitriles is 1. The maximum Gasteiger partial charge on any atom is 0.241 e. The summed E-state index contributed by atoms with van der Waals surface area (Å²) in [7, 11) is 0. The molecule has 0 saturated carbocycles. The van der Waals surface area contributed by atoms with Gasteiger partial charge in [0.25, 0.3) is 0 Å². The molecule has 0 heterocycles. The van der Waals surface area contributed by atoms with E-state index in [1.54, 1.807) is 19.1 Å². The summed E-state index contributed by atoms with van der Waals surface area (Å²) in [6.07, 6.45) is 0. The van der Waals surface area contributed by atoms with Crippen LogP contribution in [0, 0.1) is 18.3 Å². The number of aryl methyl sites for hydroxylation is 1. The molecule has 78 valence electrons. The molecule has 1 amide bonds. The van der Waals surface area contributed by atoms with Crippen molar-refractivity contribution in [2.24, 2.45) is 5.73 Å². The minimum Gasteiger partial charge on any atom is -0.324 e. The van der Waals surface area contributed by atoms with Crippen molar-refractivity contribution < 1.29 is 4.79 Å². The van der Waals surface area contributed by atoms with Crippen molar-refractivity contribution in [3.63, 3.8) is 0 Å². The first kappa shape index (κ1) is 11.2. The minimum absolute atomic E-state index is 0.294. The highest BCUT2D eigenvalue weighted by Crippen LogP contribution is 2.18. The monoisotopic (exact) mass is 203 g/mol. The molecule has 0 saturated heterocycles. The van der Waals surface area contributed by atoms with Crippen LogP contribution in [0.25, 0.3) is 0 Å². The van der Waals surface area contributed by atoms with Crippen molar-refractivity contribution in [1.82, 2.24) is 0 Å². The third kappa shape index (κ3) is 2.55. The maximum atomic E-state index is 11.3. The number of carbonyl (C=O) groups excluding carboxylic acids is 1. The topological polar surface area (TPSA) is 78.9 Å². The standard InChI is InChI=1S/C11H13N3O/c1-7-4-3-5-10(9(7)6-12)14-11(15)8(2)13/h3-5,8H,13H2,1-2H3,(H,14,15)/t8-/m1/s1. The number of rotatable bonds is 2. The highest BCUT2D eigenvalue weighted by molar-refractivity contribution is 5.95. The van der Waals surface area contributed by atoms with Gasteiger partial charge in [0, 0.05) is 0 Å². The molecule has 0 fully saturated rings. The molecule has 0 aliphatic carbocycles. The quantitative estimate of drug-likeness (QED) is 0.756. The van der Waals surface area contributed by atoms with Gasteiger partial charge in [-0.15, -0.1) is 0 Å². The Labute approximate surface area is 88.7 Å². The Balaban J connectivity index is 3.01. The van der Waals surface area contributed by atoms with Crippen LogP contribution in [-0.4, -0.2) is 11.9 Å². The van der Waals surface area contributed by atoms with Gasteiger partial charge >= 0.3 is 0 Å². The largest absolute Gasteiger partial charge is 0.324 e. The summed E-state index contributed by atoms with van der Waals surface area (Å²) in [5, 5.41) is 11.5. The second-order valence-electron chi connectivity index (χ2n) is 3.39. The van der Waals surface area contributed by atoms with Crippen molar-refractivity contribution in [1.29, 1.82) is 5.26 Å². The van der Waals surface area contributed by atoms with E-state index in [2.05, 4.69) is 11.4 Å². The third-order valence-corrected chi connectivity index (χ3v) is 2.06. The summed E-state index contributed by atoms with van der Waals surface area (Å²) in [6.45, 7) is 3.41. The second kappa shape index (κ2) is 4.58. The molecule has 15 heavy (non-hydrogen) atoms. The molecule has 1 aromatic rings. The van der Waals surface area contributed by atoms with Crippen LogP contribution in [0.5, 0.6) is 0 Å². The van der Waals surface area contributed by atoms with E-state index in [1.165, 1.54) is 0 Å². The molecule has 0 radical (unpaired) electrons. The normalized spacial score (nSPS) is 11.6. The Morgan fingerprint density at radius 1 is 1.60 bits per heavy atom. The van der Waals surface area contributed by atoms with Gasteiger partial charge in [0.15, 0.2) is 0 Å². The van der Waals surface area contributed by atoms with E-state index in [1.807, 2.05) is 13.0 Å². The zero-order valence-corrected chi connectivity index (χ0v) is 8.74.